The van der Waals surface area contributed by atoms with Crippen molar-refractivity contribution < 1.29 is 17.0 Å². The second-order valence-corrected chi connectivity index (χ2v) is 10.4. The quantitative estimate of drug-likeness (QED) is 0.338. The van der Waals surface area contributed by atoms with Crippen molar-refractivity contribution in [3.05, 3.63) is 110 Å². The molecule has 3 aromatic carbocycles. The molecule has 4 rings (SSSR count). The Morgan fingerprint density at radius 3 is 2.07 bits per heavy atom. The van der Waals surface area contributed by atoms with E-state index in [4.69, 9.17) is 23.9 Å². The van der Waals surface area contributed by atoms with Crippen LogP contribution in [0.25, 0.3) is 11.4 Å². The van der Waals surface area contributed by atoms with Gasteiger partial charge < -0.3 is 5.32 Å². The number of halogens is 2. The van der Waals surface area contributed by atoms with Crippen LogP contribution in [0.3, 0.4) is 0 Å². The molecule has 1 atom stereocenters. The summed E-state index contributed by atoms with van der Waals surface area (Å²) < 4.78 is 0. The van der Waals surface area contributed by atoms with Gasteiger partial charge in [0.2, 0.25) is 0 Å². The third kappa shape index (κ3) is 5.21. The van der Waals surface area contributed by atoms with Gasteiger partial charge in [-0.2, -0.15) is 0 Å². The van der Waals surface area contributed by atoms with Crippen molar-refractivity contribution in [1.82, 2.24) is 0 Å². The molecule has 0 saturated heterocycles. The average molecular weight is 471 g/mol. The van der Waals surface area contributed by atoms with Gasteiger partial charge >= 0.3 is 35.6 Å². The number of rotatable bonds is 4. The van der Waals surface area contributed by atoms with Gasteiger partial charge in [0.15, 0.2) is 0 Å². The summed E-state index contributed by atoms with van der Waals surface area (Å²) in [5.74, 6) is 0.341. The van der Waals surface area contributed by atoms with Gasteiger partial charge in [-0.25, -0.2) is 0 Å². The average Bonchev–Trinajstić information content (AvgIpc) is 3.03. The van der Waals surface area contributed by atoms with E-state index in [1.807, 2.05) is 0 Å². The Labute approximate surface area is 197 Å². The number of hydrogen-bond acceptors (Lipinski definition) is 0. The zero-order chi connectivity index (χ0) is 21.7. The summed E-state index contributed by atoms with van der Waals surface area (Å²) in [6, 6.07) is 21.9. The number of allylic oxidation sites excluding steroid dienone is 1. The first-order valence-corrected chi connectivity index (χ1v) is 14.3. The normalized spacial score (nSPS) is 14.3. The van der Waals surface area contributed by atoms with E-state index >= 15 is 0 Å². The zero-order valence-electron chi connectivity index (χ0n) is 17.8. The number of aryl methyl sites for hydroxylation is 3. The molecule has 1 aliphatic carbocycles. The summed E-state index contributed by atoms with van der Waals surface area (Å²) in [6.07, 6.45) is 2.32. The fourth-order valence-electron chi connectivity index (χ4n) is 4.44. The van der Waals surface area contributed by atoms with Crippen LogP contribution < -0.4 is 0 Å². The van der Waals surface area contributed by atoms with Crippen LogP contribution in [0, 0.1) is 20.8 Å². The van der Waals surface area contributed by atoms with Gasteiger partial charge in [0.05, 0.1) is 0 Å². The predicted octanol–water partition coefficient (Wildman–Crippen LogP) is 8.74. The van der Waals surface area contributed by atoms with Gasteiger partial charge in [0.1, 0.15) is 0 Å². The minimum atomic E-state index is -0.556. The molecule has 0 heterocycles. The Balaban J connectivity index is 0.000000806. The number of hydrogen-bond donors (Lipinski definition) is 0. The predicted molar refractivity (Wildman–Crippen MR) is 127 cm³/mol. The Bertz CT molecular complexity index is 1040. The summed E-state index contributed by atoms with van der Waals surface area (Å²) in [6.45, 7) is 9.42. The van der Waals surface area contributed by atoms with Crippen molar-refractivity contribution >= 4 is 30.4 Å². The Morgan fingerprint density at radius 2 is 1.40 bits per heavy atom. The van der Waals surface area contributed by atoms with Crippen molar-refractivity contribution in [3.8, 4) is 0 Å². The molecule has 0 fully saturated rings. The standard InChI is InChI=1S/C26H26N.2ClH.Ti/c1-17-13-19(3)26(20(4)14-17)27-16-22-10-6-8-12-24(22)25-18(2)15-21-9-5-7-11-23(21)25;;;/h5-15,25H,16H2,1-4H3;2*1H;/q-1;;;+2/p-2. The summed E-state index contributed by atoms with van der Waals surface area (Å²) in [7, 11) is 9.78. The molecule has 0 spiro atoms. The van der Waals surface area contributed by atoms with E-state index in [-0.39, 0.29) is 0 Å². The van der Waals surface area contributed by atoms with Gasteiger partial charge in [0.25, 0.3) is 0 Å². The van der Waals surface area contributed by atoms with Crippen molar-refractivity contribution in [2.45, 2.75) is 40.2 Å². The van der Waals surface area contributed by atoms with Crippen molar-refractivity contribution in [2.24, 2.45) is 0 Å². The van der Waals surface area contributed by atoms with Gasteiger partial charge in [0, 0.05) is 5.92 Å². The van der Waals surface area contributed by atoms with Crippen LogP contribution >= 0.6 is 18.6 Å². The third-order valence-electron chi connectivity index (χ3n) is 5.55. The Hall–Kier alpha value is -1.51. The summed E-state index contributed by atoms with van der Waals surface area (Å²) in [5, 5.41) is 5.01. The first kappa shape index (κ1) is 23.2. The van der Waals surface area contributed by atoms with Crippen LogP contribution in [0.15, 0.2) is 66.2 Å². The van der Waals surface area contributed by atoms with Crippen LogP contribution in [-0.4, -0.2) is 0 Å². The van der Waals surface area contributed by atoms with E-state index in [9.17, 15) is 0 Å². The zero-order valence-corrected chi connectivity index (χ0v) is 20.9. The Kier molecular flexibility index (Phi) is 8.25. The van der Waals surface area contributed by atoms with Crippen LogP contribution in [0.2, 0.25) is 0 Å². The Morgan fingerprint density at radius 1 is 0.833 bits per heavy atom. The maximum absolute atomic E-state index is 5.01. The van der Waals surface area contributed by atoms with Crippen molar-refractivity contribution in [2.75, 3.05) is 0 Å². The molecular formula is C26H26Cl2NTi-. The number of benzene rings is 3. The molecule has 1 aliphatic rings. The molecule has 3 aromatic rings. The van der Waals surface area contributed by atoms with Gasteiger partial charge in [-0.15, -0.1) is 12.2 Å². The summed E-state index contributed by atoms with van der Waals surface area (Å²) in [5.41, 5.74) is 11.8. The fraction of sp³-hybridized carbons (Fsp3) is 0.231. The summed E-state index contributed by atoms with van der Waals surface area (Å²) >= 11 is -0.556. The van der Waals surface area contributed by atoms with E-state index in [0.29, 0.717) is 12.5 Å². The molecule has 1 unspecified atom stereocenters. The van der Waals surface area contributed by atoms with Gasteiger partial charge in [-0.1, -0.05) is 94.6 Å². The molecule has 0 saturated carbocycles. The molecule has 0 radical (unpaired) electrons. The van der Waals surface area contributed by atoms with Crippen molar-refractivity contribution in [1.29, 1.82) is 0 Å². The first-order chi connectivity index (χ1) is 14.5. The molecule has 4 heteroatoms. The first-order valence-electron chi connectivity index (χ1n) is 10.0. The molecular weight excluding hydrogens is 445 g/mol. The second-order valence-electron chi connectivity index (χ2n) is 7.78. The van der Waals surface area contributed by atoms with Crippen LogP contribution in [0.1, 0.15) is 51.8 Å². The molecule has 0 aliphatic heterocycles. The molecule has 154 valence electrons. The molecule has 0 aromatic heterocycles. The SMILES string of the molecule is CC1=Cc2ccccc2C1c1ccccc1C[N-]c1c(C)cc(C)cc1C.[Cl][Ti][Cl]. The van der Waals surface area contributed by atoms with Crippen LogP contribution in [0.4, 0.5) is 5.69 Å². The van der Waals surface area contributed by atoms with Crippen LogP contribution in [-0.2, 0) is 23.6 Å². The second kappa shape index (κ2) is 10.7. The van der Waals surface area contributed by atoms with Crippen LogP contribution in [0.5, 0.6) is 0 Å². The van der Waals surface area contributed by atoms with Crippen molar-refractivity contribution in [3.63, 3.8) is 0 Å². The minimum absolute atomic E-state index is 0.341. The third-order valence-corrected chi connectivity index (χ3v) is 5.55. The summed E-state index contributed by atoms with van der Waals surface area (Å²) in [4.78, 5) is 0. The maximum atomic E-state index is 5.01. The number of fused-ring (bicyclic) bond motifs is 1. The molecule has 0 amide bonds. The monoisotopic (exact) mass is 470 g/mol. The molecule has 30 heavy (non-hydrogen) atoms. The topological polar surface area (TPSA) is 14.1 Å². The van der Waals surface area contributed by atoms with Gasteiger partial charge in [-0.05, 0) is 44.4 Å². The van der Waals surface area contributed by atoms with Gasteiger partial charge in [-0.3, -0.25) is 0 Å². The van der Waals surface area contributed by atoms with E-state index in [1.165, 1.54) is 44.5 Å². The van der Waals surface area contributed by atoms with E-state index in [0.717, 1.165) is 5.69 Å². The molecule has 0 bridgehead atoms. The molecule has 0 N–H and O–H groups in total. The molecule has 1 nitrogen and oxygen atoms in total. The number of nitrogens with zero attached hydrogens (tertiary/aromatic N) is 1. The van der Waals surface area contributed by atoms with E-state index in [1.54, 1.807) is 0 Å². The fourth-order valence-corrected chi connectivity index (χ4v) is 4.44. The van der Waals surface area contributed by atoms with E-state index in [2.05, 4.69) is 94.4 Å². The van der Waals surface area contributed by atoms with E-state index < -0.39 is 17.0 Å².